The van der Waals surface area contributed by atoms with Crippen LogP contribution in [0.25, 0.3) is 5.69 Å². The van der Waals surface area contributed by atoms with Crippen molar-refractivity contribution in [2.24, 2.45) is 5.11 Å². The first-order valence-corrected chi connectivity index (χ1v) is 5.41. The highest BCUT2D eigenvalue weighted by Crippen LogP contribution is 2.12. The molecule has 0 saturated carbocycles. The van der Waals surface area contributed by atoms with Crippen LogP contribution in [-0.4, -0.2) is 9.78 Å². The van der Waals surface area contributed by atoms with Gasteiger partial charge in [0.05, 0.1) is 17.8 Å². The minimum atomic E-state index is -0.180. The molecule has 88 valence electrons. The number of benzene rings is 1. The van der Waals surface area contributed by atoms with E-state index < -0.39 is 0 Å². The van der Waals surface area contributed by atoms with E-state index in [0.29, 0.717) is 16.3 Å². The van der Waals surface area contributed by atoms with Crippen LogP contribution in [0.5, 0.6) is 0 Å². The molecule has 5 nitrogen and oxygen atoms in total. The zero-order valence-electron chi connectivity index (χ0n) is 9.20. The zero-order valence-corrected chi connectivity index (χ0v) is 9.95. The standard InChI is InChI=1S/C11H11ClN4O/c1-7-10(6-14-13)11(17)16(15-7)9-4-2-8(12)3-5-9/h2-5,13,15H,6H2,1H3. The fourth-order valence-corrected chi connectivity index (χ4v) is 1.74. The Bertz CT molecular complexity index is 597. The number of hydrogen-bond acceptors (Lipinski definition) is 3. The molecule has 1 aromatic carbocycles. The molecule has 0 amide bonds. The van der Waals surface area contributed by atoms with Crippen molar-refractivity contribution >= 4 is 11.6 Å². The summed E-state index contributed by atoms with van der Waals surface area (Å²) in [6, 6.07) is 6.94. The predicted molar refractivity (Wildman–Crippen MR) is 65.0 cm³/mol. The minimum absolute atomic E-state index is 0.0990. The lowest BCUT2D eigenvalue weighted by atomic mass is 10.2. The third-order valence-corrected chi connectivity index (χ3v) is 2.77. The Morgan fingerprint density at radius 1 is 1.41 bits per heavy atom. The molecule has 1 aromatic heterocycles. The van der Waals surface area contributed by atoms with Crippen LogP contribution in [0.2, 0.25) is 5.02 Å². The van der Waals surface area contributed by atoms with E-state index in [1.807, 2.05) is 0 Å². The third-order valence-electron chi connectivity index (χ3n) is 2.52. The average molecular weight is 251 g/mol. The third kappa shape index (κ3) is 2.14. The highest BCUT2D eigenvalue weighted by atomic mass is 35.5. The van der Waals surface area contributed by atoms with Crippen molar-refractivity contribution in [1.82, 2.24) is 9.78 Å². The summed E-state index contributed by atoms with van der Waals surface area (Å²) in [6.07, 6.45) is 0. The molecule has 0 atom stereocenters. The van der Waals surface area contributed by atoms with E-state index in [9.17, 15) is 4.79 Å². The van der Waals surface area contributed by atoms with E-state index >= 15 is 0 Å². The van der Waals surface area contributed by atoms with Crippen LogP contribution < -0.4 is 5.56 Å². The maximum absolute atomic E-state index is 12.0. The van der Waals surface area contributed by atoms with E-state index in [2.05, 4.69) is 10.2 Å². The van der Waals surface area contributed by atoms with Crippen LogP contribution in [0.15, 0.2) is 34.2 Å². The molecule has 0 aliphatic rings. The van der Waals surface area contributed by atoms with Crippen LogP contribution in [0.1, 0.15) is 11.3 Å². The van der Waals surface area contributed by atoms with Crippen LogP contribution in [0.3, 0.4) is 0 Å². The molecule has 2 N–H and O–H groups in total. The van der Waals surface area contributed by atoms with Crippen molar-refractivity contribution in [2.75, 3.05) is 0 Å². The molecule has 0 radical (unpaired) electrons. The Morgan fingerprint density at radius 2 is 2.06 bits per heavy atom. The quantitative estimate of drug-likeness (QED) is 0.808. The molecule has 6 heteroatoms. The van der Waals surface area contributed by atoms with Gasteiger partial charge in [-0.05, 0) is 31.2 Å². The Kier molecular flexibility index (Phi) is 3.10. The van der Waals surface area contributed by atoms with Gasteiger partial charge in [0.25, 0.3) is 5.56 Å². The Balaban J connectivity index is 2.53. The minimum Gasteiger partial charge on any atom is -0.295 e. The topological polar surface area (TPSA) is 74.0 Å². The maximum Gasteiger partial charge on any atom is 0.276 e. The normalized spacial score (nSPS) is 10.5. The Hall–Kier alpha value is -1.88. The van der Waals surface area contributed by atoms with Crippen LogP contribution in [0.4, 0.5) is 0 Å². The van der Waals surface area contributed by atoms with Gasteiger partial charge in [0, 0.05) is 10.7 Å². The van der Waals surface area contributed by atoms with Crippen LogP contribution in [0, 0.1) is 12.5 Å². The molecule has 0 bridgehead atoms. The summed E-state index contributed by atoms with van der Waals surface area (Å²) in [5, 5.41) is 6.81. The maximum atomic E-state index is 12.0. The summed E-state index contributed by atoms with van der Waals surface area (Å²) in [6.45, 7) is 1.89. The molecular formula is C11H11ClN4O. The lowest BCUT2D eigenvalue weighted by Crippen LogP contribution is -2.16. The smallest absolute Gasteiger partial charge is 0.276 e. The number of halogens is 1. The van der Waals surface area contributed by atoms with Gasteiger partial charge in [-0.2, -0.15) is 5.11 Å². The molecule has 2 rings (SSSR count). The number of nitrogens with zero attached hydrogens (tertiary/aromatic N) is 2. The van der Waals surface area contributed by atoms with Gasteiger partial charge in [-0.25, -0.2) is 10.2 Å². The van der Waals surface area contributed by atoms with Crippen molar-refractivity contribution in [3.05, 3.63) is 50.9 Å². The van der Waals surface area contributed by atoms with Gasteiger partial charge in [-0.3, -0.25) is 9.89 Å². The van der Waals surface area contributed by atoms with Gasteiger partial charge in [-0.1, -0.05) is 11.6 Å². The van der Waals surface area contributed by atoms with E-state index in [1.54, 1.807) is 31.2 Å². The molecule has 2 aromatic rings. The van der Waals surface area contributed by atoms with Gasteiger partial charge >= 0.3 is 0 Å². The monoisotopic (exact) mass is 250 g/mol. The van der Waals surface area contributed by atoms with Crippen LogP contribution in [-0.2, 0) is 6.54 Å². The van der Waals surface area contributed by atoms with Gasteiger partial charge in [0.15, 0.2) is 0 Å². The number of hydrogen-bond donors (Lipinski definition) is 2. The molecule has 0 aliphatic heterocycles. The molecule has 0 aliphatic carbocycles. The average Bonchev–Trinajstić information content (AvgIpc) is 2.59. The lowest BCUT2D eigenvalue weighted by Gasteiger charge is -2.00. The number of rotatable bonds is 3. The first-order valence-electron chi connectivity index (χ1n) is 5.03. The van der Waals surface area contributed by atoms with Gasteiger partial charge in [-0.15, -0.1) is 0 Å². The molecule has 1 heterocycles. The first kappa shape index (κ1) is 11.6. The summed E-state index contributed by atoms with van der Waals surface area (Å²) >= 11 is 5.79. The van der Waals surface area contributed by atoms with E-state index in [4.69, 9.17) is 17.1 Å². The van der Waals surface area contributed by atoms with Crippen molar-refractivity contribution in [1.29, 1.82) is 5.53 Å². The van der Waals surface area contributed by atoms with Gasteiger partial charge in [0.1, 0.15) is 0 Å². The lowest BCUT2D eigenvalue weighted by molar-refractivity contribution is 0.832. The van der Waals surface area contributed by atoms with Crippen molar-refractivity contribution < 1.29 is 0 Å². The highest BCUT2D eigenvalue weighted by molar-refractivity contribution is 6.30. The molecular weight excluding hydrogens is 240 g/mol. The summed E-state index contributed by atoms with van der Waals surface area (Å²) in [5.74, 6) is 0. The Labute approximate surface area is 103 Å². The summed E-state index contributed by atoms with van der Waals surface area (Å²) in [7, 11) is 0. The number of aryl methyl sites for hydroxylation is 1. The fourth-order valence-electron chi connectivity index (χ4n) is 1.62. The van der Waals surface area contributed by atoms with Crippen molar-refractivity contribution in [3.8, 4) is 5.69 Å². The second kappa shape index (κ2) is 4.55. The second-order valence-corrected chi connectivity index (χ2v) is 4.08. The molecule has 17 heavy (non-hydrogen) atoms. The second-order valence-electron chi connectivity index (χ2n) is 3.65. The molecule has 0 saturated heterocycles. The zero-order chi connectivity index (χ0) is 12.4. The summed E-state index contributed by atoms with van der Waals surface area (Å²) in [5.41, 5.74) is 8.58. The molecule has 0 fully saturated rings. The molecule has 0 unspecified atom stereocenters. The highest BCUT2D eigenvalue weighted by Gasteiger charge is 2.11. The van der Waals surface area contributed by atoms with Crippen LogP contribution >= 0.6 is 11.6 Å². The number of aromatic nitrogens is 2. The number of nitrogens with one attached hydrogen (secondary N) is 2. The number of H-pyrrole nitrogens is 1. The summed E-state index contributed by atoms with van der Waals surface area (Å²) < 4.78 is 1.42. The van der Waals surface area contributed by atoms with Gasteiger partial charge < -0.3 is 0 Å². The SMILES string of the molecule is Cc1[nH]n(-c2ccc(Cl)cc2)c(=O)c1CN=N. The van der Waals surface area contributed by atoms with Gasteiger partial charge in [0.2, 0.25) is 0 Å². The van der Waals surface area contributed by atoms with E-state index in [-0.39, 0.29) is 12.1 Å². The van der Waals surface area contributed by atoms with E-state index in [1.165, 1.54) is 4.68 Å². The predicted octanol–water partition coefficient (Wildman–Crippen LogP) is 2.66. The van der Waals surface area contributed by atoms with Crippen molar-refractivity contribution in [3.63, 3.8) is 0 Å². The summed E-state index contributed by atoms with van der Waals surface area (Å²) in [4.78, 5) is 12.0. The van der Waals surface area contributed by atoms with E-state index in [0.717, 1.165) is 5.69 Å². The van der Waals surface area contributed by atoms with Crippen molar-refractivity contribution in [2.45, 2.75) is 13.5 Å². The largest absolute Gasteiger partial charge is 0.295 e. The first-order chi connectivity index (χ1) is 8.13. The molecule has 0 spiro atoms. The Morgan fingerprint density at radius 3 is 2.65 bits per heavy atom. The fraction of sp³-hybridized carbons (Fsp3) is 0.182. The number of aromatic amines is 1.